The topological polar surface area (TPSA) is 91.9 Å². The highest BCUT2D eigenvalue weighted by molar-refractivity contribution is 5.83. The largest absolute Gasteiger partial charge is 0.493 e. The number of carbonyl (C=O) groups excluding carboxylic acids is 1. The first-order chi connectivity index (χ1) is 13.0. The summed E-state index contributed by atoms with van der Waals surface area (Å²) < 4.78 is 10.6. The van der Waals surface area contributed by atoms with Crippen molar-refractivity contribution >= 4 is 16.8 Å². The van der Waals surface area contributed by atoms with Crippen molar-refractivity contribution in [1.82, 2.24) is 9.88 Å². The molecule has 1 atom stereocenters. The lowest BCUT2D eigenvalue weighted by Gasteiger charge is -2.31. The first-order valence-electron chi connectivity index (χ1n) is 9.22. The molecule has 0 aliphatic carbocycles. The number of amides is 1. The molecule has 1 amide bonds. The van der Waals surface area contributed by atoms with Crippen LogP contribution in [0.3, 0.4) is 0 Å². The molecule has 1 fully saturated rings. The number of hydrogen-bond donors (Lipinski definition) is 2. The maximum Gasteiger partial charge on any atom is 0.251 e. The average Bonchev–Trinajstić information content (AvgIpc) is 2.71. The number of aromatic amines is 1. The molecule has 146 valence electrons. The Morgan fingerprint density at radius 1 is 1.26 bits per heavy atom. The van der Waals surface area contributed by atoms with Crippen LogP contribution in [-0.2, 0) is 11.2 Å². The number of piperidine rings is 1. The number of benzene rings is 1. The van der Waals surface area contributed by atoms with E-state index in [2.05, 4.69) is 4.98 Å². The summed E-state index contributed by atoms with van der Waals surface area (Å²) in [6.07, 6.45) is 2.52. The Morgan fingerprint density at radius 2 is 2.00 bits per heavy atom. The molecule has 7 heteroatoms. The summed E-state index contributed by atoms with van der Waals surface area (Å²) in [4.78, 5) is 29.5. The fourth-order valence-electron chi connectivity index (χ4n) is 3.60. The quantitative estimate of drug-likeness (QED) is 0.803. The van der Waals surface area contributed by atoms with Gasteiger partial charge in [0.25, 0.3) is 5.56 Å². The Balaban J connectivity index is 1.75. The Hall–Kier alpha value is -2.54. The van der Waals surface area contributed by atoms with Gasteiger partial charge in [0.1, 0.15) is 0 Å². The van der Waals surface area contributed by atoms with E-state index < -0.39 is 0 Å². The molecule has 2 N–H and O–H groups in total. The molecule has 1 saturated heterocycles. The van der Waals surface area contributed by atoms with Crippen molar-refractivity contribution < 1.29 is 19.4 Å². The molecular weight excluding hydrogens is 348 g/mol. The van der Waals surface area contributed by atoms with E-state index in [1.807, 2.05) is 6.07 Å². The maximum atomic E-state index is 12.5. The number of aliphatic hydroxyl groups excluding tert-OH is 1. The molecule has 0 spiro atoms. The van der Waals surface area contributed by atoms with Crippen LogP contribution in [0.1, 0.15) is 24.8 Å². The van der Waals surface area contributed by atoms with E-state index in [0.717, 1.165) is 24.8 Å². The molecule has 27 heavy (non-hydrogen) atoms. The van der Waals surface area contributed by atoms with Crippen molar-refractivity contribution in [3.05, 3.63) is 34.1 Å². The minimum atomic E-state index is -0.200. The summed E-state index contributed by atoms with van der Waals surface area (Å²) >= 11 is 0. The number of nitrogens with zero attached hydrogens (tertiary/aromatic N) is 1. The van der Waals surface area contributed by atoms with E-state index in [0.29, 0.717) is 35.5 Å². The van der Waals surface area contributed by atoms with E-state index in [1.165, 1.54) is 0 Å². The number of pyridine rings is 1. The predicted molar refractivity (Wildman–Crippen MR) is 102 cm³/mol. The molecule has 2 aromatic rings. The molecule has 0 radical (unpaired) electrons. The Morgan fingerprint density at radius 3 is 2.70 bits per heavy atom. The number of aliphatic hydroxyl groups is 1. The first kappa shape index (κ1) is 19.2. The van der Waals surface area contributed by atoms with Crippen molar-refractivity contribution in [2.75, 3.05) is 33.9 Å². The number of methoxy groups -OCH3 is 2. The number of aromatic nitrogens is 1. The van der Waals surface area contributed by atoms with Gasteiger partial charge in [-0.3, -0.25) is 9.59 Å². The van der Waals surface area contributed by atoms with Gasteiger partial charge in [-0.1, -0.05) is 0 Å². The minimum Gasteiger partial charge on any atom is -0.493 e. The van der Waals surface area contributed by atoms with E-state index in [4.69, 9.17) is 9.47 Å². The van der Waals surface area contributed by atoms with Crippen LogP contribution in [-0.4, -0.2) is 54.8 Å². The van der Waals surface area contributed by atoms with Crippen LogP contribution in [0.15, 0.2) is 23.0 Å². The summed E-state index contributed by atoms with van der Waals surface area (Å²) in [6.45, 7) is 1.43. The Kier molecular flexibility index (Phi) is 6.01. The highest BCUT2D eigenvalue weighted by Crippen LogP contribution is 2.31. The van der Waals surface area contributed by atoms with Crippen molar-refractivity contribution in [2.24, 2.45) is 5.92 Å². The molecule has 1 aromatic carbocycles. The van der Waals surface area contributed by atoms with E-state index in [-0.39, 0.29) is 30.4 Å². The summed E-state index contributed by atoms with van der Waals surface area (Å²) in [5.41, 5.74) is 1.03. The molecular formula is C20H26N2O5. The number of ether oxygens (including phenoxy) is 2. The third kappa shape index (κ3) is 4.24. The van der Waals surface area contributed by atoms with E-state index in [1.54, 1.807) is 31.3 Å². The molecule has 1 aliphatic heterocycles. The number of rotatable bonds is 6. The monoisotopic (exact) mass is 374 g/mol. The molecule has 1 aromatic heterocycles. The third-order valence-corrected chi connectivity index (χ3v) is 5.16. The number of nitrogens with one attached hydrogen (secondary N) is 1. The van der Waals surface area contributed by atoms with Crippen LogP contribution in [0.4, 0.5) is 0 Å². The van der Waals surface area contributed by atoms with Gasteiger partial charge in [-0.05, 0) is 37.3 Å². The van der Waals surface area contributed by atoms with Gasteiger partial charge in [-0.2, -0.15) is 0 Å². The molecule has 7 nitrogen and oxygen atoms in total. The normalized spacial score (nSPS) is 17.1. The van der Waals surface area contributed by atoms with Gasteiger partial charge >= 0.3 is 0 Å². The second-order valence-electron chi connectivity index (χ2n) is 6.95. The van der Waals surface area contributed by atoms with Crippen molar-refractivity contribution in [1.29, 1.82) is 0 Å². The van der Waals surface area contributed by atoms with Crippen molar-refractivity contribution in [3.63, 3.8) is 0 Å². The zero-order valence-corrected chi connectivity index (χ0v) is 15.8. The number of hydrogen-bond acceptors (Lipinski definition) is 5. The lowest BCUT2D eigenvalue weighted by molar-refractivity contribution is -0.133. The molecule has 1 aliphatic rings. The number of fused-ring (bicyclic) bond motifs is 1. The number of carbonyl (C=O) groups is 1. The Labute approximate surface area is 157 Å². The third-order valence-electron chi connectivity index (χ3n) is 5.16. The highest BCUT2D eigenvalue weighted by Gasteiger charge is 2.23. The zero-order valence-electron chi connectivity index (χ0n) is 15.8. The second-order valence-corrected chi connectivity index (χ2v) is 6.95. The molecule has 0 bridgehead atoms. The van der Waals surface area contributed by atoms with Gasteiger partial charge in [0, 0.05) is 43.1 Å². The molecule has 3 rings (SSSR count). The van der Waals surface area contributed by atoms with Crippen LogP contribution >= 0.6 is 0 Å². The van der Waals surface area contributed by atoms with Crippen molar-refractivity contribution in [3.8, 4) is 11.5 Å². The van der Waals surface area contributed by atoms with Crippen molar-refractivity contribution in [2.45, 2.75) is 25.7 Å². The average molecular weight is 374 g/mol. The van der Waals surface area contributed by atoms with Crippen LogP contribution in [0.5, 0.6) is 11.5 Å². The molecule has 1 unspecified atom stereocenters. The summed E-state index contributed by atoms with van der Waals surface area (Å²) in [5.74, 6) is 1.32. The van der Waals surface area contributed by atoms with Crippen LogP contribution in [0.2, 0.25) is 0 Å². The predicted octanol–water partition coefficient (Wildman–Crippen LogP) is 1.71. The van der Waals surface area contributed by atoms with E-state index >= 15 is 0 Å². The van der Waals surface area contributed by atoms with Crippen LogP contribution < -0.4 is 15.0 Å². The lowest BCUT2D eigenvalue weighted by Crippen LogP contribution is -2.41. The van der Waals surface area contributed by atoms with Crippen LogP contribution in [0, 0.1) is 5.92 Å². The van der Waals surface area contributed by atoms with Gasteiger partial charge in [0.2, 0.25) is 5.91 Å². The smallest absolute Gasteiger partial charge is 0.251 e. The van der Waals surface area contributed by atoms with Gasteiger partial charge in [0.05, 0.1) is 19.7 Å². The SMILES string of the molecule is COc1cc2cc(CCC(=O)N3CCCC(CO)C3)c(=O)[nH]c2cc1OC. The van der Waals surface area contributed by atoms with Gasteiger partial charge in [-0.15, -0.1) is 0 Å². The first-order valence-corrected chi connectivity index (χ1v) is 9.22. The second kappa shape index (κ2) is 8.43. The van der Waals surface area contributed by atoms with Gasteiger partial charge in [-0.25, -0.2) is 0 Å². The highest BCUT2D eigenvalue weighted by atomic mass is 16.5. The van der Waals surface area contributed by atoms with Gasteiger partial charge in [0.15, 0.2) is 11.5 Å². The number of H-pyrrole nitrogens is 1. The summed E-state index contributed by atoms with van der Waals surface area (Å²) in [6, 6.07) is 5.34. The molecule has 2 heterocycles. The standard InChI is InChI=1S/C20H26N2O5/c1-26-17-9-15-8-14(20(25)21-16(15)10-18(17)27-2)5-6-19(24)22-7-3-4-13(11-22)12-23/h8-10,13,23H,3-7,11-12H2,1-2H3,(H,21,25). The fraction of sp³-hybridized carbons (Fsp3) is 0.500. The number of aryl methyl sites for hydroxylation is 1. The Bertz CT molecular complexity index is 877. The number of likely N-dealkylation sites (tertiary alicyclic amines) is 1. The lowest BCUT2D eigenvalue weighted by atomic mass is 9.98. The van der Waals surface area contributed by atoms with Crippen LogP contribution in [0.25, 0.3) is 10.9 Å². The zero-order chi connectivity index (χ0) is 19.4. The summed E-state index contributed by atoms with van der Waals surface area (Å²) in [5, 5.41) is 10.1. The molecule has 0 saturated carbocycles. The van der Waals surface area contributed by atoms with E-state index in [9.17, 15) is 14.7 Å². The minimum absolute atomic E-state index is 0.0277. The summed E-state index contributed by atoms with van der Waals surface area (Å²) in [7, 11) is 3.11. The van der Waals surface area contributed by atoms with Gasteiger partial charge < -0.3 is 24.5 Å². The fourth-order valence-corrected chi connectivity index (χ4v) is 3.60. The maximum absolute atomic E-state index is 12.5.